The van der Waals surface area contributed by atoms with E-state index in [1.807, 2.05) is 48.0 Å². The molecule has 36 heavy (non-hydrogen) atoms. The fraction of sp³-hybridized carbons (Fsp3) is 0.581. The highest BCUT2D eigenvalue weighted by atomic mass is 16.5. The maximum atomic E-state index is 13.7. The molecule has 4 saturated carbocycles. The zero-order valence-corrected chi connectivity index (χ0v) is 21.6. The molecule has 188 valence electrons. The number of ether oxygens (including phenoxy) is 1. The van der Waals surface area contributed by atoms with Crippen LogP contribution in [-0.2, 0) is 16.6 Å². The molecule has 1 aromatic carbocycles. The topological polar surface area (TPSA) is 61.2 Å². The normalized spacial score (nSPS) is 37.9. The molecule has 0 saturated heterocycles. The second-order valence-electron chi connectivity index (χ2n) is 12.8. The molecule has 5 heteroatoms. The highest BCUT2D eigenvalue weighted by molar-refractivity contribution is 6.01. The van der Waals surface area contributed by atoms with E-state index in [4.69, 9.17) is 4.74 Å². The number of allylic oxidation sites excluding steroid dienone is 4. The minimum absolute atomic E-state index is 0.0000705. The standard InChI is InChI=1S/C31H36N2O3/c1-29-13-12-20(34)16-19(29)8-9-21-22-10-11-23(30(22,2)18-31(14-15-31)27(21)29)26(35)17-36-28-32-24-6-4-5-7-25(24)33(28)3/h4-7,12-13,16,21-23,27H,8-11,14-15,17-18H2,1-3H3. The molecule has 7 rings (SSSR count). The van der Waals surface area contributed by atoms with Crippen LogP contribution in [0.5, 0.6) is 6.01 Å². The number of hydrogen-bond donors (Lipinski definition) is 0. The number of carbonyl (C=O) groups is 2. The molecule has 0 N–H and O–H groups in total. The van der Waals surface area contributed by atoms with Gasteiger partial charge in [-0.1, -0.05) is 37.6 Å². The summed E-state index contributed by atoms with van der Waals surface area (Å²) in [6, 6.07) is 8.48. The first-order chi connectivity index (χ1) is 17.3. The largest absolute Gasteiger partial charge is 0.457 e. The fourth-order valence-electron chi connectivity index (χ4n) is 9.60. The van der Waals surface area contributed by atoms with E-state index in [1.54, 1.807) is 0 Å². The van der Waals surface area contributed by atoms with E-state index >= 15 is 0 Å². The van der Waals surface area contributed by atoms with Gasteiger partial charge >= 0.3 is 0 Å². The molecule has 2 aromatic rings. The minimum Gasteiger partial charge on any atom is -0.457 e. The zero-order valence-electron chi connectivity index (χ0n) is 21.6. The van der Waals surface area contributed by atoms with Gasteiger partial charge in [0.25, 0.3) is 6.01 Å². The Morgan fingerprint density at radius 2 is 1.97 bits per heavy atom. The van der Waals surface area contributed by atoms with Crippen LogP contribution in [0.4, 0.5) is 0 Å². The number of imidazole rings is 1. The van der Waals surface area contributed by atoms with Gasteiger partial charge in [-0.15, -0.1) is 0 Å². The van der Waals surface area contributed by atoms with Gasteiger partial charge in [0.15, 0.2) is 11.6 Å². The number of ketones is 2. The van der Waals surface area contributed by atoms with Gasteiger partial charge in [0.2, 0.25) is 0 Å². The third-order valence-corrected chi connectivity index (χ3v) is 11.1. The Balaban J connectivity index is 1.14. The zero-order chi connectivity index (χ0) is 24.9. The highest BCUT2D eigenvalue weighted by Crippen LogP contribution is 2.77. The van der Waals surface area contributed by atoms with Crippen molar-refractivity contribution in [3.8, 4) is 6.01 Å². The first-order valence-corrected chi connectivity index (χ1v) is 13.8. The molecule has 1 spiro atoms. The van der Waals surface area contributed by atoms with Crippen LogP contribution in [-0.4, -0.2) is 27.7 Å². The van der Waals surface area contributed by atoms with Crippen LogP contribution in [0.1, 0.15) is 58.8 Å². The van der Waals surface area contributed by atoms with Crippen molar-refractivity contribution in [2.24, 2.45) is 47.0 Å². The van der Waals surface area contributed by atoms with E-state index in [1.165, 1.54) is 18.4 Å². The lowest BCUT2D eigenvalue weighted by Crippen LogP contribution is -2.55. The van der Waals surface area contributed by atoms with Gasteiger partial charge in [0, 0.05) is 18.4 Å². The Morgan fingerprint density at radius 1 is 1.17 bits per heavy atom. The summed E-state index contributed by atoms with van der Waals surface area (Å²) in [6.45, 7) is 4.91. The van der Waals surface area contributed by atoms with Crippen LogP contribution < -0.4 is 4.74 Å². The monoisotopic (exact) mass is 484 g/mol. The molecule has 5 aliphatic rings. The predicted octanol–water partition coefficient (Wildman–Crippen LogP) is 5.84. The number of benzene rings is 1. The van der Waals surface area contributed by atoms with Gasteiger partial charge in [-0.25, -0.2) is 0 Å². The Labute approximate surface area is 213 Å². The van der Waals surface area contributed by atoms with Gasteiger partial charge in [-0.3, -0.25) is 14.2 Å². The SMILES string of the molecule is Cn1c(OCC(=O)C2CCC3C4CCC5=CC(=O)C=CC5(C)C4C4(CC4)CC23C)nc2ccccc21. The van der Waals surface area contributed by atoms with Crippen molar-refractivity contribution in [1.82, 2.24) is 9.55 Å². The molecule has 1 aromatic heterocycles. The summed E-state index contributed by atoms with van der Waals surface area (Å²) < 4.78 is 7.98. The number of rotatable bonds is 4. The number of nitrogens with zero attached hydrogens (tertiary/aromatic N) is 2. The predicted molar refractivity (Wildman–Crippen MR) is 138 cm³/mol. The smallest absolute Gasteiger partial charge is 0.297 e. The Kier molecular flexibility index (Phi) is 4.64. The quantitative estimate of drug-likeness (QED) is 0.547. The number of aromatic nitrogens is 2. The van der Waals surface area contributed by atoms with Crippen LogP contribution in [0, 0.1) is 39.9 Å². The van der Waals surface area contributed by atoms with E-state index in [0.29, 0.717) is 29.2 Å². The lowest BCUT2D eigenvalue weighted by atomic mass is 9.43. The van der Waals surface area contributed by atoms with Gasteiger partial charge in [0.1, 0.15) is 6.61 Å². The fourth-order valence-corrected chi connectivity index (χ4v) is 9.60. The van der Waals surface area contributed by atoms with Crippen LogP contribution >= 0.6 is 0 Å². The van der Waals surface area contributed by atoms with Crippen LogP contribution in [0.2, 0.25) is 0 Å². The van der Waals surface area contributed by atoms with E-state index in [0.717, 1.165) is 43.1 Å². The molecule has 6 unspecified atom stereocenters. The molecular weight excluding hydrogens is 448 g/mol. The number of aryl methyl sites for hydroxylation is 1. The van der Waals surface area contributed by atoms with Crippen molar-refractivity contribution in [2.75, 3.05) is 6.61 Å². The summed E-state index contributed by atoms with van der Waals surface area (Å²) in [6.07, 6.45) is 13.9. The molecule has 0 amide bonds. The van der Waals surface area contributed by atoms with E-state index in [9.17, 15) is 9.59 Å². The third-order valence-electron chi connectivity index (χ3n) is 11.1. The van der Waals surface area contributed by atoms with Gasteiger partial charge in [-0.2, -0.15) is 4.98 Å². The molecule has 5 aliphatic carbocycles. The van der Waals surface area contributed by atoms with Crippen molar-refractivity contribution >= 4 is 22.6 Å². The minimum atomic E-state index is 0.0000705. The maximum Gasteiger partial charge on any atom is 0.297 e. The van der Waals surface area contributed by atoms with Gasteiger partial charge in [0.05, 0.1) is 11.0 Å². The summed E-state index contributed by atoms with van der Waals surface area (Å²) in [7, 11) is 1.94. The Morgan fingerprint density at radius 3 is 2.75 bits per heavy atom. The number of carbonyl (C=O) groups excluding carboxylic acids is 2. The molecule has 0 aliphatic heterocycles. The lowest BCUT2D eigenvalue weighted by molar-refractivity contribution is -0.136. The average molecular weight is 485 g/mol. The number of hydrogen-bond acceptors (Lipinski definition) is 4. The number of Topliss-reactive ketones (excluding diaryl/α,β-unsaturated/α-hetero) is 1. The lowest BCUT2D eigenvalue weighted by Gasteiger charge is -2.60. The molecule has 0 radical (unpaired) electrons. The summed E-state index contributed by atoms with van der Waals surface area (Å²) >= 11 is 0. The second-order valence-corrected chi connectivity index (χ2v) is 12.8. The van der Waals surface area contributed by atoms with Crippen molar-refractivity contribution in [3.05, 3.63) is 48.1 Å². The van der Waals surface area contributed by atoms with Gasteiger partial charge in [-0.05, 0) is 97.8 Å². The van der Waals surface area contributed by atoms with Crippen molar-refractivity contribution in [2.45, 2.75) is 58.8 Å². The number of para-hydroxylation sites is 2. The van der Waals surface area contributed by atoms with E-state index in [-0.39, 0.29) is 34.9 Å². The Hall–Kier alpha value is -2.69. The van der Waals surface area contributed by atoms with Crippen LogP contribution in [0.3, 0.4) is 0 Å². The second kappa shape index (κ2) is 7.43. The summed E-state index contributed by atoms with van der Waals surface area (Å²) in [5.41, 5.74) is 3.61. The highest BCUT2D eigenvalue weighted by Gasteiger charge is 2.70. The maximum absolute atomic E-state index is 13.7. The molecule has 6 atom stereocenters. The third kappa shape index (κ3) is 2.98. The van der Waals surface area contributed by atoms with E-state index in [2.05, 4.69) is 24.9 Å². The molecule has 4 fully saturated rings. The number of fused-ring (bicyclic) bond motifs is 7. The van der Waals surface area contributed by atoms with Crippen molar-refractivity contribution < 1.29 is 14.3 Å². The summed E-state index contributed by atoms with van der Waals surface area (Å²) in [4.78, 5) is 30.5. The molecule has 1 heterocycles. The van der Waals surface area contributed by atoms with Crippen LogP contribution in [0.15, 0.2) is 48.1 Å². The first kappa shape index (κ1) is 22.5. The van der Waals surface area contributed by atoms with Crippen LogP contribution in [0.25, 0.3) is 11.0 Å². The molecule has 0 bridgehead atoms. The summed E-state index contributed by atoms with van der Waals surface area (Å²) in [5, 5.41) is 0. The molecular formula is C31H36N2O3. The first-order valence-electron chi connectivity index (χ1n) is 13.8. The van der Waals surface area contributed by atoms with E-state index < -0.39 is 0 Å². The summed E-state index contributed by atoms with van der Waals surface area (Å²) in [5.74, 6) is 2.25. The van der Waals surface area contributed by atoms with Gasteiger partial charge < -0.3 is 4.74 Å². The Bertz CT molecular complexity index is 1350. The average Bonchev–Trinajstić information content (AvgIpc) is 3.40. The van der Waals surface area contributed by atoms with Crippen molar-refractivity contribution in [3.63, 3.8) is 0 Å². The molecule has 5 nitrogen and oxygen atoms in total. The van der Waals surface area contributed by atoms with Crippen molar-refractivity contribution in [1.29, 1.82) is 0 Å².